The Morgan fingerprint density at radius 1 is 1.39 bits per heavy atom. The molecule has 1 unspecified atom stereocenters. The molecule has 0 aromatic heterocycles. The lowest BCUT2D eigenvalue weighted by Crippen LogP contribution is -2.36. The maximum Gasteiger partial charge on any atom is 0.0486 e. The van der Waals surface area contributed by atoms with Gasteiger partial charge in [0, 0.05) is 39.7 Å². The molecule has 0 radical (unpaired) electrons. The van der Waals surface area contributed by atoms with Crippen LogP contribution in [-0.4, -0.2) is 12.3 Å². The summed E-state index contributed by atoms with van der Waals surface area (Å²) in [5.74, 6) is 1.06. The van der Waals surface area contributed by atoms with Crippen LogP contribution in [-0.2, 0) is 0 Å². The predicted molar refractivity (Wildman–Crippen MR) is 103 cm³/mol. The number of hydrogen-bond acceptors (Lipinski definition) is 2. The van der Waals surface area contributed by atoms with Crippen LogP contribution in [0.1, 0.15) is 45.4 Å². The molecule has 1 aliphatic heterocycles. The summed E-state index contributed by atoms with van der Waals surface area (Å²) >= 11 is 3.58. The molecule has 1 saturated carbocycles. The van der Waals surface area contributed by atoms with Crippen LogP contribution in [0.5, 0.6) is 0 Å². The van der Waals surface area contributed by atoms with Crippen LogP contribution in [0.4, 0.5) is 0 Å². The van der Waals surface area contributed by atoms with Gasteiger partial charge in [-0.05, 0) is 51.5 Å². The minimum absolute atomic E-state index is 0.161. The summed E-state index contributed by atoms with van der Waals surface area (Å²) in [6, 6.07) is 0. The summed E-state index contributed by atoms with van der Waals surface area (Å²) in [7, 11) is 0. The molecule has 2 N–H and O–H groups in total. The number of allylic oxidation sites excluding steroid dienone is 6. The first-order chi connectivity index (χ1) is 11.0. The molecule has 1 fully saturated rings. The number of fused-ring (bicyclic) bond motifs is 1. The summed E-state index contributed by atoms with van der Waals surface area (Å²) in [6.07, 6.45) is 15.9. The van der Waals surface area contributed by atoms with E-state index in [0.717, 1.165) is 30.3 Å². The van der Waals surface area contributed by atoms with Crippen LogP contribution in [0.25, 0.3) is 0 Å². The van der Waals surface area contributed by atoms with Crippen molar-refractivity contribution in [3.8, 4) is 0 Å². The van der Waals surface area contributed by atoms with E-state index in [1.807, 2.05) is 0 Å². The number of rotatable bonds is 3. The Morgan fingerprint density at radius 2 is 2.13 bits per heavy atom. The van der Waals surface area contributed by atoms with Gasteiger partial charge in [-0.15, -0.1) is 0 Å². The molecular weight excluding hydrogens is 348 g/mol. The monoisotopic (exact) mass is 374 g/mol. The van der Waals surface area contributed by atoms with Crippen molar-refractivity contribution in [1.29, 1.82) is 0 Å². The molecule has 0 aromatic rings. The molecule has 23 heavy (non-hydrogen) atoms. The molecule has 0 bridgehead atoms. The molecule has 0 amide bonds. The Morgan fingerprint density at radius 3 is 2.78 bits per heavy atom. The highest BCUT2D eigenvalue weighted by atomic mass is 79.9. The smallest absolute Gasteiger partial charge is 0.0486 e. The molecule has 2 nitrogen and oxygen atoms in total. The summed E-state index contributed by atoms with van der Waals surface area (Å²) in [6.45, 7) is 7.06. The van der Waals surface area contributed by atoms with Crippen LogP contribution < -0.4 is 5.73 Å². The maximum atomic E-state index is 6.07. The van der Waals surface area contributed by atoms with Gasteiger partial charge in [0.1, 0.15) is 0 Å². The van der Waals surface area contributed by atoms with Crippen molar-refractivity contribution < 1.29 is 0 Å². The third-order valence-corrected chi connectivity index (χ3v) is 6.39. The highest BCUT2D eigenvalue weighted by molar-refractivity contribution is 9.11. The van der Waals surface area contributed by atoms with E-state index < -0.39 is 0 Å². The second-order valence-electron chi connectivity index (χ2n) is 7.28. The van der Waals surface area contributed by atoms with Crippen LogP contribution >= 0.6 is 15.9 Å². The Bertz CT molecular complexity index is 601. The topological polar surface area (TPSA) is 38.4 Å². The maximum absolute atomic E-state index is 6.07. The molecular formula is C20H27BrN2. The van der Waals surface area contributed by atoms with Gasteiger partial charge in [0.25, 0.3) is 0 Å². The van der Waals surface area contributed by atoms with E-state index in [4.69, 9.17) is 10.7 Å². The van der Waals surface area contributed by atoms with Crippen molar-refractivity contribution >= 4 is 21.6 Å². The Balaban J connectivity index is 1.75. The summed E-state index contributed by atoms with van der Waals surface area (Å²) < 4.78 is 1.13. The van der Waals surface area contributed by atoms with Crippen molar-refractivity contribution in [3.05, 3.63) is 46.6 Å². The van der Waals surface area contributed by atoms with Gasteiger partial charge in [0.2, 0.25) is 0 Å². The van der Waals surface area contributed by atoms with Crippen LogP contribution in [0.15, 0.2) is 51.6 Å². The molecule has 1 heterocycles. The third-order valence-electron chi connectivity index (χ3n) is 5.90. The summed E-state index contributed by atoms with van der Waals surface area (Å²) in [4.78, 5) is 5.06. The van der Waals surface area contributed by atoms with Crippen LogP contribution in [0.2, 0.25) is 0 Å². The molecule has 2 aliphatic carbocycles. The van der Waals surface area contributed by atoms with E-state index in [1.165, 1.54) is 36.2 Å². The lowest BCUT2D eigenvalue weighted by atomic mass is 9.66. The summed E-state index contributed by atoms with van der Waals surface area (Å²) in [5, 5.41) is 0. The second kappa shape index (κ2) is 6.90. The first-order valence-corrected chi connectivity index (χ1v) is 9.53. The zero-order valence-electron chi connectivity index (χ0n) is 14.0. The minimum Gasteiger partial charge on any atom is -0.330 e. The van der Waals surface area contributed by atoms with Gasteiger partial charge in [-0.3, -0.25) is 4.99 Å². The van der Waals surface area contributed by atoms with E-state index in [9.17, 15) is 0 Å². The van der Waals surface area contributed by atoms with Gasteiger partial charge >= 0.3 is 0 Å². The van der Waals surface area contributed by atoms with Gasteiger partial charge in [-0.2, -0.15) is 0 Å². The number of nitrogens with zero attached hydrogens (tertiary/aromatic N) is 1. The number of hydrogen-bond donors (Lipinski definition) is 1. The lowest BCUT2D eigenvalue weighted by Gasteiger charge is -2.40. The molecule has 0 aromatic carbocycles. The average Bonchev–Trinajstić information content (AvgIpc) is 2.76. The molecule has 124 valence electrons. The van der Waals surface area contributed by atoms with Crippen LogP contribution in [0.3, 0.4) is 0 Å². The zero-order valence-corrected chi connectivity index (χ0v) is 15.6. The van der Waals surface area contributed by atoms with Crippen molar-refractivity contribution in [2.24, 2.45) is 28.0 Å². The fraction of sp³-hybridized carbons (Fsp3) is 0.550. The largest absolute Gasteiger partial charge is 0.330 e. The average molecular weight is 375 g/mol. The molecule has 1 atom stereocenters. The van der Waals surface area contributed by atoms with Crippen molar-refractivity contribution in [1.82, 2.24) is 0 Å². The second-order valence-corrected chi connectivity index (χ2v) is 8.19. The van der Waals surface area contributed by atoms with E-state index in [-0.39, 0.29) is 5.41 Å². The molecule has 0 saturated heterocycles. The molecule has 3 rings (SSSR count). The Hall–Kier alpha value is -0.930. The van der Waals surface area contributed by atoms with Crippen molar-refractivity contribution in [2.45, 2.75) is 45.4 Å². The summed E-state index contributed by atoms with van der Waals surface area (Å²) in [5.41, 5.74) is 10.0. The number of halogens is 1. The van der Waals surface area contributed by atoms with Gasteiger partial charge in [-0.1, -0.05) is 46.3 Å². The van der Waals surface area contributed by atoms with E-state index >= 15 is 0 Å². The minimum atomic E-state index is 0.161. The quantitative estimate of drug-likeness (QED) is 0.670. The third kappa shape index (κ3) is 3.46. The zero-order chi connectivity index (χ0) is 16.4. The first kappa shape index (κ1) is 16.9. The molecule has 0 spiro atoms. The fourth-order valence-corrected chi connectivity index (χ4v) is 4.48. The Labute approximate surface area is 148 Å². The van der Waals surface area contributed by atoms with Gasteiger partial charge < -0.3 is 5.73 Å². The lowest BCUT2D eigenvalue weighted by molar-refractivity contribution is 0.212. The fourth-order valence-electron chi connectivity index (χ4n) is 4.10. The SMILES string of the molecule is C=C(C)C1(CN)CCC(C2=CCCC3C=CC(Br)=CC3=N2)CC1. The Kier molecular flexibility index (Phi) is 5.07. The number of nitrogens with two attached hydrogens (primary N) is 1. The standard InChI is InChI=1S/C20H27BrN2/c1-14(2)20(13-22)10-8-16(9-11-20)18-5-3-4-15-6-7-17(21)12-19(15)23-18/h5-7,12,15-16H,1,3-4,8-11,13,22H2,2H3. The van der Waals surface area contributed by atoms with E-state index in [0.29, 0.717) is 11.8 Å². The highest BCUT2D eigenvalue weighted by Crippen LogP contribution is 2.45. The van der Waals surface area contributed by atoms with Crippen molar-refractivity contribution in [2.75, 3.05) is 6.54 Å². The molecule has 3 aliphatic rings. The highest BCUT2D eigenvalue weighted by Gasteiger charge is 2.36. The van der Waals surface area contributed by atoms with Crippen molar-refractivity contribution in [3.63, 3.8) is 0 Å². The van der Waals surface area contributed by atoms with E-state index in [2.05, 4.69) is 53.7 Å². The van der Waals surface area contributed by atoms with Crippen LogP contribution in [0, 0.1) is 17.3 Å². The molecule has 3 heteroatoms. The van der Waals surface area contributed by atoms with Gasteiger partial charge in [0.15, 0.2) is 0 Å². The normalized spacial score (nSPS) is 34.0. The number of aliphatic imine (C=N–C) groups is 1. The van der Waals surface area contributed by atoms with Gasteiger partial charge in [0.05, 0.1) is 0 Å². The van der Waals surface area contributed by atoms with E-state index in [1.54, 1.807) is 0 Å². The first-order valence-electron chi connectivity index (χ1n) is 8.74. The van der Waals surface area contributed by atoms with Gasteiger partial charge in [-0.25, -0.2) is 0 Å². The predicted octanol–water partition coefficient (Wildman–Crippen LogP) is 5.28.